The van der Waals surface area contributed by atoms with Gasteiger partial charge in [-0.3, -0.25) is 0 Å². The quantitative estimate of drug-likeness (QED) is 0.0662. The second-order valence-corrected chi connectivity index (χ2v) is 15.3. The van der Waals surface area contributed by atoms with Crippen LogP contribution in [0.2, 0.25) is 0 Å². The highest BCUT2D eigenvalue weighted by molar-refractivity contribution is 5.93. The molecule has 0 amide bonds. The van der Waals surface area contributed by atoms with E-state index in [0.717, 1.165) is 70.8 Å². The molecule has 280 valence electrons. The van der Waals surface area contributed by atoms with Gasteiger partial charge in [0, 0.05) is 30.0 Å². The highest BCUT2D eigenvalue weighted by atomic mass is 15.2. The largest absolute Gasteiger partial charge is 0.333 e. The van der Waals surface area contributed by atoms with Gasteiger partial charge in [-0.15, -0.1) is 0 Å². The second kappa shape index (κ2) is 19.3. The third kappa shape index (κ3) is 9.74. The van der Waals surface area contributed by atoms with Crippen molar-refractivity contribution in [3.05, 3.63) is 175 Å². The standard InChI is InChI=1S/C51H61N3/c1-9-12-14-15-16-19-26-41(27-20-17-18-25-39(5)40(6)38(4)11-3)34-36-54(35-13-10-2)50-52-48-31-24-22-29-45(48)49(53-50)42-32-33-44-43-28-21-23-30-46(43)51(7,8)47(44)37-42/h10-11,13,17-18,20-25,28-34,37,43,46H,3-6,9,12,14-16,19,26-27,35-36H2,1-2,7-8H3/b13-10-,20-17-,25-18-,41-34-/t43-,46?/m1/s1. The second-order valence-electron chi connectivity index (χ2n) is 15.3. The van der Waals surface area contributed by atoms with Crippen LogP contribution in [0.1, 0.15) is 96.1 Å². The van der Waals surface area contributed by atoms with E-state index >= 15 is 0 Å². The molecular formula is C51H61N3. The number of allylic oxidation sites excluding steroid dienone is 14. The van der Waals surface area contributed by atoms with Gasteiger partial charge < -0.3 is 4.90 Å². The van der Waals surface area contributed by atoms with Crippen LogP contribution in [-0.4, -0.2) is 23.1 Å². The minimum atomic E-state index is 0.0333. The molecule has 2 atom stereocenters. The Morgan fingerprint density at radius 3 is 2.44 bits per heavy atom. The summed E-state index contributed by atoms with van der Waals surface area (Å²) >= 11 is 0. The Hall–Kier alpha value is -5.02. The number of fused-ring (bicyclic) bond motifs is 4. The Labute approximate surface area is 326 Å². The van der Waals surface area contributed by atoms with E-state index in [1.54, 1.807) is 6.08 Å². The molecule has 2 aromatic carbocycles. The third-order valence-electron chi connectivity index (χ3n) is 11.2. The van der Waals surface area contributed by atoms with Gasteiger partial charge in [-0.05, 0) is 77.5 Å². The summed E-state index contributed by atoms with van der Waals surface area (Å²) in [5.74, 6) is 1.65. The van der Waals surface area contributed by atoms with Crippen molar-refractivity contribution in [3.8, 4) is 11.3 Å². The minimum Gasteiger partial charge on any atom is -0.333 e. The molecule has 2 aliphatic rings. The van der Waals surface area contributed by atoms with Crippen molar-refractivity contribution >= 4 is 16.9 Å². The molecule has 54 heavy (non-hydrogen) atoms. The number of para-hydroxylation sites is 1. The third-order valence-corrected chi connectivity index (χ3v) is 11.2. The Kier molecular flexibility index (Phi) is 14.4. The molecule has 1 unspecified atom stereocenters. The molecule has 0 spiro atoms. The van der Waals surface area contributed by atoms with E-state index in [4.69, 9.17) is 9.97 Å². The normalized spacial score (nSPS) is 17.4. The lowest BCUT2D eigenvalue weighted by molar-refractivity contribution is 0.394. The molecule has 0 saturated heterocycles. The van der Waals surface area contributed by atoms with E-state index in [1.807, 2.05) is 12.2 Å². The van der Waals surface area contributed by atoms with Crippen LogP contribution in [-0.2, 0) is 5.41 Å². The highest BCUT2D eigenvalue weighted by Crippen LogP contribution is 2.53. The maximum absolute atomic E-state index is 5.38. The van der Waals surface area contributed by atoms with Crippen LogP contribution in [0, 0.1) is 5.92 Å². The van der Waals surface area contributed by atoms with Gasteiger partial charge in [0.2, 0.25) is 5.95 Å². The van der Waals surface area contributed by atoms with Crippen molar-refractivity contribution in [3.63, 3.8) is 0 Å². The zero-order chi connectivity index (χ0) is 38.5. The van der Waals surface area contributed by atoms with E-state index < -0.39 is 0 Å². The van der Waals surface area contributed by atoms with Gasteiger partial charge in [0.1, 0.15) is 0 Å². The van der Waals surface area contributed by atoms with Crippen LogP contribution in [0.4, 0.5) is 5.95 Å². The molecule has 1 heterocycles. The van der Waals surface area contributed by atoms with E-state index in [1.165, 1.54) is 55.2 Å². The van der Waals surface area contributed by atoms with Gasteiger partial charge in [0.25, 0.3) is 0 Å². The van der Waals surface area contributed by atoms with E-state index in [9.17, 15) is 0 Å². The molecular weight excluding hydrogens is 655 g/mol. The summed E-state index contributed by atoms with van der Waals surface area (Å²) in [6.45, 7) is 26.6. The van der Waals surface area contributed by atoms with Crippen LogP contribution in [0.5, 0.6) is 0 Å². The predicted octanol–water partition coefficient (Wildman–Crippen LogP) is 13.8. The Morgan fingerprint density at radius 2 is 1.65 bits per heavy atom. The van der Waals surface area contributed by atoms with Crippen LogP contribution in [0.3, 0.4) is 0 Å². The molecule has 5 rings (SSSR count). The molecule has 0 N–H and O–H groups in total. The minimum absolute atomic E-state index is 0.0333. The summed E-state index contributed by atoms with van der Waals surface area (Å²) in [7, 11) is 0. The van der Waals surface area contributed by atoms with Crippen molar-refractivity contribution in [2.45, 2.75) is 90.4 Å². The topological polar surface area (TPSA) is 29.0 Å². The van der Waals surface area contributed by atoms with Gasteiger partial charge in [-0.25, -0.2) is 9.97 Å². The number of nitrogens with zero attached hydrogens (tertiary/aromatic N) is 3. The number of rotatable bonds is 20. The van der Waals surface area contributed by atoms with E-state index in [2.05, 4.69) is 156 Å². The zero-order valence-corrected chi connectivity index (χ0v) is 33.4. The molecule has 0 saturated carbocycles. The highest BCUT2D eigenvalue weighted by Gasteiger charge is 2.44. The summed E-state index contributed by atoms with van der Waals surface area (Å²) in [4.78, 5) is 12.9. The molecule has 3 aromatic rings. The van der Waals surface area contributed by atoms with Crippen molar-refractivity contribution in [2.24, 2.45) is 5.92 Å². The van der Waals surface area contributed by atoms with Crippen molar-refractivity contribution < 1.29 is 0 Å². The molecule has 3 heteroatoms. The van der Waals surface area contributed by atoms with E-state index in [0.29, 0.717) is 11.8 Å². The Morgan fingerprint density at radius 1 is 0.870 bits per heavy atom. The Balaban J connectivity index is 1.43. The number of benzene rings is 2. The summed E-state index contributed by atoms with van der Waals surface area (Å²) in [6, 6.07) is 15.5. The Bertz CT molecular complexity index is 2010. The number of hydrogen-bond acceptors (Lipinski definition) is 3. The van der Waals surface area contributed by atoms with Crippen molar-refractivity contribution in [1.29, 1.82) is 0 Å². The smallest absolute Gasteiger partial charge is 0.227 e. The van der Waals surface area contributed by atoms with Gasteiger partial charge in [0.15, 0.2) is 0 Å². The lowest BCUT2D eigenvalue weighted by Crippen LogP contribution is -2.26. The molecule has 1 aromatic heterocycles. The molecule has 0 aliphatic heterocycles. The summed E-state index contributed by atoms with van der Waals surface area (Å²) in [5.41, 5.74) is 9.89. The first kappa shape index (κ1) is 40.2. The lowest BCUT2D eigenvalue weighted by Gasteiger charge is -2.29. The van der Waals surface area contributed by atoms with Crippen LogP contribution >= 0.6 is 0 Å². The van der Waals surface area contributed by atoms with Gasteiger partial charge >= 0.3 is 0 Å². The summed E-state index contributed by atoms with van der Waals surface area (Å²) in [6.07, 6.45) is 35.7. The fraction of sp³-hybridized carbons (Fsp3) is 0.333. The summed E-state index contributed by atoms with van der Waals surface area (Å²) in [5, 5.41) is 1.08. The number of anilines is 1. The molecule has 3 nitrogen and oxygen atoms in total. The fourth-order valence-electron chi connectivity index (χ4n) is 7.78. The first-order chi connectivity index (χ1) is 26.2. The molecule has 0 fully saturated rings. The SMILES string of the molecule is C=CC(=C)C(=C)C(=C)/C=C\C=C/C/C(=C\CN(C/C=C\C)c1nc(-c2ccc3c(c2)C(C)(C)C2C=CC=C[C@H]32)c2ccccc2n1)CCCCCCCC. The molecule has 0 bridgehead atoms. The first-order valence-electron chi connectivity index (χ1n) is 20.0. The molecule has 2 aliphatic carbocycles. The van der Waals surface area contributed by atoms with Crippen LogP contribution < -0.4 is 4.90 Å². The van der Waals surface area contributed by atoms with Crippen molar-refractivity contribution in [1.82, 2.24) is 9.97 Å². The van der Waals surface area contributed by atoms with Crippen LogP contribution in [0.25, 0.3) is 22.2 Å². The fourth-order valence-corrected chi connectivity index (χ4v) is 7.78. The lowest BCUT2D eigenvalue weighted by atomic mass is 9.74. The van der Waals surface area contributed by atoms with Gasteiger partial charge in [-0.1, -0.05) is 188 Å². The number of hydrogen-bond donors (Lipinski definition) is 0. The van der Waals surface area contributed by atoms with Gasteiger partial charge in [-0.2, -0.15) is 0 Å². The van der Waals surface area contributed by atoms with Gasteiger partial charge in [0.05, 0.1) is 11.2 Å². The van der Waals surface area contributed by atoms with Crippen LogP contribution in [0.15, 0.2) is 164 Å². The van der Waals surface area contributed by atoms with Crippen molar-refractivity contribution in [2.75, 3.05) is 18.0 Å². The maximum Gasteiger partial charge on any atom is 0.227 e. The van der Waals surface area contributed by atoms with E-state index in [-0.39, 0.29) is 5.41 Å². The average molecular weight is 716 g/mol. The predicted molar refractivity (Wildman–Crippen MR) is 236 cm³/mol. The number of unbranched alkanes of at least 4 members (excludes halogenated alkanes) is 5. The zero-order valence-electron chi connectivity index (χ0n) is 33.4. The molecule has 0 radical (unpaired) electrons. The average Bonchev–Trinajstić information content (AvgIpc) is 3.42. The number of aromatic nitrogens is 2. The maximum atomic E-state index is 5.38. The first-order valence-corrected chi connectivity index (χ1v) is 20.0. The summed E-state index contributed by atoms with van der Waals surface area (Å²) < 4.78 is 0. The monoisotopic (exact) mass is 715 g/mol.